The minimum absolute atomic E-state index is 0.400. The highest BCUT2D eigenvalue weighted by Crippen LogP contribution is 2.32. The molecule has 0 saturated heterocycles. The maximum absolute atomic E-state index is 6.36. The van der Waals surface area contributed by atoms with Gasteiger partial charge in [-0.15, -0.1) is 0 Å². The quantitative estimate of drug-likeness (QED) is 0.737. The predicted molar refractivity (Wildman–Crippen MR) is 82.3 cm³/mol. The maximum atomic E-state index is 6.36. The first-order valence-electron chi connectivity index (χ1n) is 8.10. The molecule has 19 heavy (non-hydrogen) atoms. The average molecular weight is 270 g/mol. The number of nitrogens with zero attached hydrogens (tertiary/aromatic N) is 1. The lowest BCUT2D eigenvalue weighted by atomic mass is 9.76. The van der Waals surface area contributed by atoms with Gasteiger partial charge < -0.3 is 10.5 Å². The summed E-state index contributed by atoms with van der Waals surface area (Å²) in [6.45, 7) is 9.83. The molecule has 0 heterocycles. The summed E-state index contributed by atoms with van der Waals surface area (Å²) in [5, 5.41) is 0. The van der Waals surface area contributed by atoms with Gasteiger partial charge in [0.1, 0.15) is 0 Å². The normalized spacial score (nSPS) is 29.7. The Kier molecular flexibility index (Phi) is 7.96. The lowest BCUT2D eigenvalue weighted by molar-refractivity contribution is 0.0753. The highest BCUT2D eigenvalue weighted by Gasteiger charge is 2.29. The first kappa shape index (κ1) is 16.9. The summed E-state index contributed by atoms with van der Waals surface area (Å²) in [4.78, 5) is 2.53. The van der Waals surface area contributed by atoms with E-state index in [-0.39, 0.29) is 0 Å². The Balaban J connectivity index is 2.50. The topological polar surface area (TPSA) is 38.5 Å². The molecule has 4 unspecified atom stereocenters. The van der Waals surface area contributed by atoms with Crippen molar-refractivity contribution in [3.63, 3.8) is 0 Å². The van der Waals surface area contributed by atoms with E-state index < -0.39 is 0 Å². The molecule has 114 valence electrons. The van der Waals surface area contributed by atoms with Crippen LogP contribution in [-0.2, 0) is 4.74 Å². The van der Waals surface area contributed by atoms with Gasteiger partial charge >= 0.3 is 0 Å². The van der Waals surface area contributed by atoms with Crippen LogP contribution >= 0.6 is 0 Å². The Bertz CT molecular complexity index is 235. The highest BCUT2D eigenvalue weighted by atomic mass is 16.5. The van der Waals surface area contributed by atoms with Crippen molar-refractivity contribution in [3.05, 3.63) is 0 Å². The molecule has 0 bridgehead atoms. The summed E-state index contributed by atoms with van der Waals surface area (Å²) in [6, 6.07) is 0.894. The fraction of sp³-hybridized carbons (Fsp3) is 1.00. The number of likely N-dealkylation sites (N-methyl/N-ethyl adjacent to an activating group) is 1. The summed E-state index contributed by atoms with van der Waals surface area (Å²) >= 11 is 0. The summed E-state index contributed by atoms with van der Waals surface area (Å²) in [5.74, 6) is 1.58. The van der Waals surface area contributed by atoms with Crippen molar-refractivity contribution in [2.75, 3.05) is 26.8 Å². The van der Waals surface area contributed by atoms with Crippen molar-refractivity contribution in [3.8, 4) is 0 Å². The van der Waals surface area contributed by atoms with Crippen LogP contribution in [0.3, 0.4) is 0 Å². The first-order chi connectivity index (χ1) is 9.12. The van der Waals surface area contributed by atoms with E-state index >= 15 is 0 Å². The zero-order valence-electron chi connectivity index (χ0n) is 13.4. The number of hydrogen-bond acceptors (Lipinski definition) is 3. The van der Waals surface area contributed by atoms with E-state index in [0.717, 1.165) is 25.6 Å². The zero-order valence-corrected chi connectivity index (χ0v) is 13.4. The third-order valence-corrected chi connectivity index (χ3v) is 4.75. The van der Waals surface area contributed by atoms with Gasteiger partial charge in [-0.3, -0.25) is 4.90 Å². The van der Waals surface area contributed by atoms with E-state index in [4.69, 9.17) is 10.5 Å². The van der Waals surface area contributed by atoms with Crippen molar-refractivity contribution in [2.45, 2.75) is 65.0 Å². The number of ether oxygens (including phenoxy) is 1. The van der Waals surface area contributed by atoms with Crippen LogP contribution in [0.25, 0.3) is 0 Å². The molecule has 1 aliphatic rings. The molecule has 3 heteroatoms. The molecule has 0 aromatic carbocycles. The standard InChI is InChI=1S/C16H34N2O/c1-5-7-14-8-9-16(17)15(10-14)11-18(6-2)13(3)12-19-4/h13-16H,5-12,17H2,1-4H3. The fourth-order valence-corrected chi connectivity index (χ4v) is 3.53. The molecule has 2 N–H and O–H groups in total. The van der Waals surface area contributed by atoms with Crippen molar-refractivity contribution in [1.82, 2.24) is 4.90 Å². The number of methoxy groups -OCH3 is 1. The number of hydrogen-bond donors (Lipinski definition) is 1. The van der Waals surface area contributed by atoms with Crippen molar-refractivity contribution < 1.29 is 4.74 Å². The Morgan fingerprint density at radius 3 is 2.63 bits per heavy atom. The van der Waals surface area contributed by atoms with Crippen LogP contribution < -0.4 is 5.73 Å². The van der Waals surface area contributed by atoms with Gasteiger partial charge in [0.25, 0.3) is 0 Å². The molecule has 1 aliphatic carbocycles. The summed E-state index contributed by atoms with van der Waals surface area (Å²) in [5.41, 5.74) is 6.36. The molecular formula is C16H34N2O. The third kappa shape index (κ3) is 5.41. The van der Waals surface area contributed by atoms with Gasteiger partial charge in [0.2, 0.25) is 0 Å². The summed E-state index contributed by atoms with van der Waals surface area (Å²) < 4.78 is 5.29. The van der Waals surface area contributed by atoms with Crippen molar-refractivity contribution in [2.24, 2.45) is 17.6 Å². The maximum Gasteiger partial charge on any atom is 0.0615 e. The van der Waals surface area contributed by atoms with Crippen LogP contribution in [0.15, 0.2) is 0 Å². The van der Waals surface area contributed by atoms with Crippen LogP contribution in [0, 0.1) is 11.8 Å². The second-order valence-corrected chi connectivity index (χ2v) is 6.28. The minimum atomic E-state index is 0.400. The largest absolute Gasteiger partial charge is 0.383 e. The van der Waals surface area contributed by atoms with Crippen LogP contribution in [0.5, 0.6) is 0 Å². The summed E-state index contributed by atoms with van der Waals surface area (Å²) in [7, 11) is 1.79. The van der Waals surface area contributed by atoms with Crippen LogP contribution in [0.2, 0.25) is 0 Å². The van der Waals surface area contributed by atoms with E-state index in [1.165, 1.54) is 32.1 Å². The molecule has 0 radical (unpaired) electrons. The lowest BCUT2D eigenvalue weighted by Gasteiger charge is -2.38. The molecule has 1 fully saturated rings. The second-order valence-electron chi connectivity index (χ2n) is 6.28. The third-order valence-electron chi connectivity index (χ3n) is 4.75. The number of rotatable bonds is 8. The summed E-state index contributed by atoms with van der Waals surface area (Å²) in [6.07, 6.45) is 6.56. The Hall–Kier alpha value is -0.120. The number of nitrogens with two attached hydrogens (primary N) is 1. The monoisotopic (exact) mass is 270 g/mol. The first-order valence-corrected chi connectivity index (χ1v) is 8.10. The SMILES string of the molecule is CCCC1CCC(N)C(CN(CC)C(C)COC)C1. The van der Waals surface area contributed by atoms with Crippen LogP contribution in [0.1, 0.15) is 52.9 Å². The van der Waals surface area contributed by atoms with Gasteiger partial charge in [0, 0.05) is 25.7 Å². The lowest BCUT2D eigenvalue weighted by Crippen LogP contribution is -2.46. The van der Waals surface area contributed by atoms with Crippen LogP contribution in [0.4, 0.5) is 0 Å². The molecule has 0 aliphatic heterocycles. The molecule has 1 saturated carbocycles. The van der Waals surface area contributed by atoms with Gasteiger partial charge in [-0.2, -0.15) is 0 Å². The Morgan fingerprint density at radius 1 is 1.32 bits per heavy atom. The van der Waals surface area contributed by atoms with Crippen molar-refractivity contribution in [1.29, 1.82) is 0 Å². The van der Waals surface area contributed by atoms with E-state index in [1.807, 2.05) is 0 Å². The minimum Gasteiger partial charge on any atom is -0.383 e. The molecule has 0 amide bonds. The molecule has 1 rings (SSSR count). The second kappa shape index (κ2) is 8.93. The average Bonchev–Trinajstić information content (AvgIpc) is 2.39. The Morgan fingerprint density at radius 2 is 2.05 bits per heavy atom. The van der Waals surface area contributed by atoms with Gasteiger partial charge in [-0.1, -0.05) is 26.7 Å². The van der Waals surface area contributed by atoms with Crippen molar-refractivity contribution >= 4 is 0 Å². The van der Waals surface area contributed by atoms with E-state index in [1.54, 1.807) is 7.11 Å². The molecule has 4 atom stereocenters. The van der Waals surface area contributed by atoms with E-state index in [0.29, 0.717) is 18.0 Å². The van der Waals surface area contributed by atoms with Gasteiger partial charge in [-0.25, -0.2) is 0 Å². The van der Waals surface area contributed by atoms with E-state index in [2.05, 4.69) is 25.7 Å². The highest BCUT2D eigenvalue weighted by molar-refractivity contribution is 4.85. The molecule has 0 aromatic heterocycles. The fourth-order valence-electron chi connectivity index (χ4n) is 3.53. The zero-order chi connectivity index (χ0) is 14.3. The van der Waals surface area contributed by atoms with Gasteiger partial charge in [-0.05, 0) is 44.6 Å². The Labute approximate surface area is 119 Å². The molecule has 0 spiro atoms. The smallest absolute Gasteiger partial charge is 0.0615 e. The van der Waals surface area contributed by atoms with Crippen LogP contribution in [-0.4, -0.2) is 43.8 Å². The van der Waals surface area contributed by atoms with Gasteiger partial charge in [0.05, 0.1) is 6.61 Å². The van der Waals surface area contributed by atoms with Gasteiger partial charge in [0.15, 0.2) is 0 Å². The van der Waals surface area contributed by atoms with E-state index in [9.17, 15) is 0 Å². The molecule has 3 nitrogen and oxygen atoms in total. The predicted octanol–water partition coefficient (Wildman–Crippen LogP) is 2.89. The molecular weight excluding hydrogens is 236 g/mol. The molecule has 0 aromatic rings.